The minimum Gasteiger partial charge on any atom is -0.424 e. The van der Waals surface area contributed by atoms with E-state index in [9.17, 15) is 13.2 Å². The quantitative estimate of drug-likeness (QED) is 0.727. The number of aromatic nitrogens is 3. The van der Waals surface area contributed by atoms with Gasteiger partial charge < -0.3 is 9.64 Å². The molecule has 24 heavy (non-hydrogen) atoms. The third kappa shape index (κ3) is 3.37. The average Bonchev–Trinajstić information content (AvgIpc) is 2.53. The molecular formula is C16H13F3N4O. The van der Waals surface area contributed by atoms with E-state index < -0.39 is 11.9 Å². The molecule has 0 bridgehead atoms. The van der Waals surface area contributed by atoms with Crippen molar-refractivity contribution in [2.24, 2.45) is 0 Å². The van der Waals surface area contributed by atoms with E-state index in [1.54, 1.807) is 44.6 Å². The van der Waals surface area contributed by atoms with Gasteiger partial charge >= 0.3 is 12.2 Å². The predicted octanol–water partition coefficient (Wildman–Crippen LogP) is 3.90. The number of benzene rings is 1. The summed E-state index contributed by atoms with van der Waals surface area (Å²) in [6.45, 7) is 0. The van der Waals surface area contributed by atoms with Crippen LogP contribution in [0.15, 0.2) is 42.6 Å². The Hall–Kier alpha value is -2.90. The molecule has 3 aromatic rings. The van der Waals surface area contributed by atoms with Crippen molar-refractivity contribution in [3.05, 3.63) is 48.3 Å². The smallest absolute Gasteiger partial charge is 0.424 e. The van der Waals surface area contributed by atoms with Crippen LogP contribution >= 0.6 is 0 Å². The zero-order valence-corrected chi connectivity index (χ0v) is 12.9. The Balaban J connectivity index is 1.99. The van der Waals surface area contributed by atoms with Crippen LogP contribution in [0.25, 0.3) is 10.9 Å². The second kappa shape index (κ2) is 5.95. The lowest BCUT2D eigenvalue weighted by atomic mass is 10.2. The maximum atomic E-state index is 13.0. The van der Waals surface area contributed by atoms with Crippen molar-refractivity contribution in [1.82, 2.24) is 15.0 Å². The van der Waals surface area contributed by atoms with Crippen LogP contribution in [-0.2, 0) is 6.18 Å². The highest BCUT2D eigenvalue weighted by Crippen LogP contribution is 2.32. The first-order valence-electron chi connectivity index (χ1n) is 6.99. The van der Waals surface area contributed by atoms with Crippen molar-refractivity contribution >= 4 is 16.7 Å². The largest absolute Gasteiger partial charge is 0.433 e. The highest BCUT2D eigenvalue weighted by atomic mass is 19.4. The number of alkyl halides is 3. The van der Waals surface area contributed by atoms with Gasteiger partial charge in [0, 0.05) is 31.7 Å². The third-order valence-electron chi connectivity index (χ3n) is 3.22. The van der Waals surface area contributed by atoms with E-state index in [1.807, 2.05) is 6.07 Å². The maximum Gasteiger partial charge on any atom is 0.433 e. The minimum atomic E-state index is -4.58. The van der Waals surface area contributed by atoms with Gasteiger partial charge in [0.25, 0.3) is 0 Å². The number of fused-ring (bicyclic) bond motifs is 1. The van der Waals surface area contributed by atoms with Crippen molar-refractivity contribution in [2.75, 3.05) is 19.0 Å². The van der Waals surface area contributed by atoms with Crippen LogP contribution in [0.1, 0.15) is 5.69 Å². The molecule has 0 unspecified atom stereocenters. The molecule has 0 spiro atoms. The van der Waals surface area contributed by atoms with Crippen molar-refractivity contribution in [2.45, 2.75) is 6.18 Å². The minimum absolute atomic E-state index is 0.106. The summed E-state index contributed by atoms with van der Waals surface area (Å²) in [5.41, 5.74) is -0.303. The van der Waals surface area contributed by atoms with Crippen molar-refractivity contribution < 1.29 is 17.9 Å². The van der Waals surface area contributed by atoms with Gasteiger partial charge in [-0.05, 0) is 24.3 Å². The second-order valence-corrected chi connectivity index (χ2v) is 5.25. The molecule has 2 aromatic heterocycles. The van der Waals surface area contributed by atoms with E-state index in [4.69, 9.17) is 4.74 Å². The van der Waals surface area contributed by atoms with Gasteiger partial charge in [-0.15, -0.1) is 0 Å². The zero-order valence-electron chi connectivity index (χ0n) is 12.9. The Kier molecular flexibility index (Phi) is 3.96. The van der Waals surface area contributed by atoms with Gasteiger partial charge in [0.15, 0.2) is 5.69 Å². The molecule has 3 rings (SSSR count). The molecule has 0 aliphatic rings. The summed E-state index contributed by atoms with van der Waals surface area (Å²) in [5.74, 6) is 0.439. The summed E-state index contributed by atoms with van der Waals surface area (Å²) >= 11 is 0. The summed E-state index contributed by atoms with van der Waals surface area (Å²) in [5, 5.41) is 0.801. The fourth-order valence-electron chi connectivity index (χ4n) is 2.06. The fourth-order valence-corrected chi connectivity index (χ4v) is 2.06. The number of hydrogen-bond donors (Lipinski definition) is 0. The normalized spacial score (nSPS) is 11.5. The van der Waals surface area contributed by atoms with Crippen LogP contribution in [0.2, 0.25) is 0 Å². The lowest BCUT2D eigenvalue weighted by Crippen LogP contribution is -2.15. The molecule has 5 nitrogen and oxygen atoms in total. The molecule has 0 amide bonds. The molecule has 8 heteroatoms. The zero-order chi connectivity index (χ0) is 17.3. The van der Waals surface area contributed by atoms with Gasteiger partial charge in [0.1, 0.15) is 11.6 Å². The molecule has 0 fully saturated rings. The molecular weight excluding hydrogens is 321 g/mol. The molecule has 0 atom stereocenters. The monoisotopic (exact) mass is 334 g/mol. The number of halogens is 3. The van der Waals surface area contributed by atoms with Crippen LogP contribution in [0.3, 0.4) is 0 Å². The molecule has 0 aliphatic heterocycles. The molecule has 0 saturated carbocycles. The maximum absolute atomic E-state index is 13.0. The Morgan fingerprint density at radius 1 is 1.04 bits per heavy atom. The Morgan fingerprint density at radius 2 is 1.83 bits per heavy atom. The number of rotatable bonds is 3. The van der Waals surface area contributed by atoms with Gasteiger partial charge in [-0.1, -0.05) is 6.07 Å². The van der Waals surface area contributed by atoms with Gasteiger partial charge in [0.2, 0.25) is 0 Å². The Bertz CT molecular complexity index is 881. The van der Waals surface area contributed by atoms with E-state index in [0.29, 0.717) is 5.75 Å². The van der Waals surface area contributed by atoms with Gasteiger partial charge in [-0.3, -0.25) is 4.98 Å². The fraction of sp³-hybridized carbons (Fsp3) is 0.188. The first-order chi connectivity index (χ1) is 11.3. The molecule has 0 aliphatic carbocycles. The number of hydrogen-bond acceptors (Lipinski definition) is 5. The summed E-state index contributed by atoms with van der Waals surface area (Å²) in [7, 11) is 3.18. The molecule has 124 valence electrons. The lowest BCUT2D eigenvalue weighted by Gasteiger charge is -2.15. The highest BCUT2D eigenvalue weighted by molar-refractivity contribution is 5.79. The Labute approximate surface area is 135 Å². The van der Waals surface area contributed by atoms with Crippen LogP contribution in [0.4, 0.5) is 19.0 Å². The molecule has 0 radical (unpaired) electrons. The van der Waals surface area contributed by atoms with E-state index in [-0.39, 0.29) is 11.8 Å². The van der Waals surface area contributed by atoms with Gasteiger partial charge in [0.05, 0.1) is 5.52 Å². The average molecular weight is 334 g/mol. The summed E-state index contributed by atoms with van der Waals surface area (Å²) < 4.78 is 44.4. The standard InChI is InChI=1S/C16H13F3N4O/c1-23(2)14-9-13(16(17,18)19)21-15(22-14)24-11-5-6-12-10(8-11)4-3-7-20-12/h3-9H,1-2H3. The summed E-state index contributed by atoms with van der Waals surface area (Å²) in [4.78, 5) is 13.1. The first kappa shape index (κ1) is 16.0. The van der Waals surface area contributed by atoms with Crippen LogP contribution in [0.5, 0.6) is 11.8 Å². The van der Waals surface area contributed by atoms with Gasteiger partial charge in [-0.2, -0.15) is 23.1 Å². The number of ether oxygens (including phenoxy) is 1. The second-order valence-electron chi connectivity index (χ2n) is 5.25. The third-order valence-corrected chi connectivity index (χ3v) is 3.22. The molecule has 2 heterocycles. The molecule has 0 saturated heterocycles. The predicted molar refractivity (Wildman–Crippen MR) is 83.2 cm³/mol. The number of anilines is 1. The van der Waals surface area contributed by atoms with E-state index in [2.05, 4.69) is 15.0 Å². The van der Waals surface area contributed by atoms with Crippen molar-refractivity contribution in [3.63, 3.8) is 0 Å². The summed E-state index contributed by atoms with van der Waals surface area (Å²) in [6.07, 6.45) is -2.93. The number of nitrogens with zero attached hydrogens (tertiary/aromatic N) is 4. The number of pyridine rings is 1. The summed E-state index contributed by atoms with van der Waals surface area (Å²) in [6, 6.07) is 9.08. The van der Waals surface area contributed by atoms with Crippen LogP contribution in [0, 0.1) is 0 Å². The van der Waals surface area contributed by atoms with E-state index >= 15 is 0 Å². The van der Waals surface area contributed by atoms with Crippen LogP contribution < -0.4 is 9.64 Å². The SMILES string of the molecule is CN(C)c1cc(C(F)(F)F)nc(Oc2ccc3ncccc3c2)n1. The lowest BCUT2D eigenvalue weighted by molar-refractivity contribution is -0.141. The highest BCUT2D eigenvalue weighted by Gasteiger charge is 2.34. The topological polar surface area (TPSA) is 51.1 Å². The van der Waals surface area contributed by atoms with Crippen LogP contribution in [-0.4, -0.2) is 29.0 Å². The van der Waals surface area contributed by atoms with E-state index in [0.717, 1.165) is 17.0 Å². The van der Waals surface area contributed by atoms with Gasteiger partial charge in [-0.25, -0.2) is 0 Å². The van der Waals surface area contributed by atoms with E-state index in [1.165, 1.54) is 4.90 Å². The first-order valence-corrected chi connectivity index (χ1v) is 6.99. The van der Waals surface area contributed by atoms with Crippen molar-refractivity contribution in [1.29, 1.82) is 0 Å². The molecule has 0 N–H and O–H groups in total. The molecule has 1 aromatic carbocycles. The van der Waals surface area contributed by atoms with Crippen molar-refractivity contribution in [3.8, 4) is 11.8 Å². The Morgan fingerprint density at radius 3 is 2.54 bits per heavy atom.